The summed E-state index contributed by atoms with van der Waals surface area (Å²) in [4.78, 5) is 0. The number of rotatable bonds is 5. The smallest absolute Gasteiger partial charge is 0.0537 e. The summed E-state index contributed by atoms with van der Waals surface area (Å²) < 4.78 is 1.84. The fraction of sp³-hybridized carbons (Fsp3) is 0.438. The van der Waals surface area contributed by atoms with Crippen LogP contribution in [-0.4, -0.2) is 9.78 Å². The molecule has 3 nitrogen and oxygen atoms in total. The molecular formula is C16H23N3. The molecule has 0 saturated carbocycles. The Hall–Kier alpha value is -1.61. The highest BCUT2D eigenvalue weighted by molar-refractivity contribution is 5.24. The van der Waals surface area contributed by atoms with Gasteiger partial charge in [0.2, 0.25) is 0 Å². The highest BCUT2D eigenvalue weighted by Gasteiger charge is 2.06. The van der Waals surface area contributed by atoms with Crippen LogP contribution >= 0.6 is 0 Å². The molecule has 2 aromatic rings. The zero-order valence-corrected chi connectivity index (χ0v) is 12.2. The Morgan fingerprint density at radius 3 is 2.32 bits per heavy atom. The van der Waals surface area contributed by atoms with Crippen molar-refractivity contribution >= 4 is 0 Å². The fourth-order valence-corrected chi connectivity index (χ4v) is 2.07. The van der Waals surface area contributed by atoms with Crippen molar-refractivity contribution in [2.75, 3.05) is 0 Å². The Labute approximate surface area is 115 Å². The van der Waals surface area contributed by atoms with E-state index in [0.717, 1.165) is 6.54 Å². The molecule has 0 spiro atoms. The third-order valence-corrected chi connectivity index (χ3v) is 3.48. The molecule has 0 bridgehead atoms. The summed E-state index contributed by atoms with van der Waals surface area (Å²) in [6, 6.07) is 9.17. The molecule has 0 saturated heterocycles. The average Bonchev–Trinajstić information content (AvgIpc) is 2.83. The second-order valence-corrected chi connectivity index (χ2v) is 5.45. The van der Waals surface area contributed by atoms with Crippen LogP contribution in [0.25, 0.3) is 0 Å². The molecule has 1 atom stereocenters. The first-order chi connectivity index (χ1) is 9.06. The number of hydrogen-bond donors (Lipinski definition) is 1. The van der Waals surface area contributed by atoms with Gasteiger partial charge in [0.05, 0.1) is 6.20 Å². The molecule has 0 aliphatic heterocycles. The molecule has 0 radical (unpaired) electrons. The predicted molar refractivity (Wildman–Crippen MR) is 79.0 cm³/mol. The minimum absolute atomic E-state index is 0.318. The van der Waals surface area contributed by atoms with E-state index in [1.807, 2.05) is 17.9 Å². The van der Waals surface area contributed by atoms with Crippen molar-refractivity contribution in [3.63, 3.8) is 0 Å². The Morgan fingerprint density at radius 2 is 1.79 bits per heavy atom. The minimum Gasteiger partial charge on any atom is -0.306 e. The van der Waals surface area contributed by atoms with Gasteiger partial charge in [-0.05, 0) is 24.0 Å². The summed E-state index contributed by atoms with van der Waals surface area (Å²) in [6.07, 6.45) is 3.97. The van der Waals surface area contributed by atoms with E-state index < -0.39 is 0 Å². The molecule has 0 fully saturated rings. The Morgan fingerprint density at radius 1 is 1.11 bits per heavy atom. The number of nitrogens with one attached hydrogen (secondary N) is 1. The van der Waals surface area contributed by atoms with Crippen molar-refractivity contribution in [2.45, 2.75) is 39.3 Å². The Balaban J connectivity index is 1.91. The lowest BCUT2D eigenvalue weighted by Gasteiger charge is -2.13. The summed E-state index contributed by atoms with van der Waals surface area (Å²) in [5, 5.41) is 7.72. The number of aryl methyl sites for hydroxylation is 1. The maximum absolute atomic E-state index is 4.20. The third-order valence-electron chi connectivity index (χ3n) is 3.48. The van der Waals surface area contributed by atoms with E-state index in [2.05, 4.69) is 61.6 Å². The van der Waals surface area contributed by atoms with E-state index in [1.165, 1.54) is 16.7 Å². The second-order valence-electron chi connectivity index (χ2n) is 5.45. The molecule has 0 aliphatic carbocycles. The van der Waals surface area contributed by atoms with Gasteiger partial charge in [-0.2, -0.15) is 5.10 Å². The number of aromatic nitrogens is 2. The summed E-state index contributed by atoms with van der Waals surface area (Å²) in [5.74, 6) is 0.594. The van der Waals surface area contributed by atoms with Gasteiger partial charge in [0.1, 0.15) is 0 Å². The van der Waals surface area contributed by atoms with Crippen LogP contribution in [0.15, 0.2) is 36.7 Å². The van der Waals surface area contributed by atoms with Gasteiger partial charge in [-0.15, -0.1) is 0 Å². The minimum atomic E-state index is 0.318. The molecule has 1 aromatic heterocycles. The van der Waals surface area contributed by atoms with Gasteiger partial charge in [0.25, 0.3) is 0 Å². The van der Waals surface area contributed by atoms with E-state index in [0.29, 0.717) is 12.0 Å². The lowest BCUT2D eigenvalue weighted by molar-refractivity contribution is 0.574. The molecule has 3 heteroatoms. The molecule has 1 aromatic carbocycles. The highest BCUT2D eigenvalue weighted by atomic mass is 15.2. The van der Waals surface area contributed by atoms with Crippen LogP contribution in [0, 0.1) is 0 Å². The van der Waals surface area contributed by atoms with Gasteiger partial charge in [0.15, 0.2) is 0 Å². The van der Waals surface area contributed by atoms with Crippen LogP contribution in [-0.2, 0) is 13.6 Å². The third kappa shape index (κ3) is 3.67. The SMILES string of the molecule is CC(C)c1ccc(CNC(C)c2cnn(C)c2)cc1. The second kappa shape index (κ2) is 6.02. The maximum Gasteiger partial charge on any atom is 0.0537 e. The van der Waals surface area contributed by atoms with Gasteiger partial charge < -0.3 is 5.32 Å². The maximum atomic E-state index is 4.20. The lowest BCUT2D eigenvalue weighted by Crippen LogP contribution is -2.17. The van der Waals surface area contributed by atoms with Gasteiger partial charge in [-0.25, -0.2) is 0 Å². The topological polar surface area (TPSA) is 29.9 Å². The van der Waals surface area contributed by atoms with Crippen molar-refractivity contribution in [1.29, 1.82) is 0 Å². The summed E-state index contributed by atoms with van der Waals surface area (Å²) in [5.41, 5.74) is 3.94. The predicted octanol–water partition coefficient (Wildman–Crippen LogP) is 3.39. The first kappa shape index (κ1) is 13.8. The van der Waals surface area contributed by atoms with Crippen LogP contribution in [0.2, 0.25) is 0 Å². The molecule has 102 valence electrons. The highest BCUT2D eigenvalue weighted by Crippen LogP contribution is 2.16. The van der Waals surface area contributed by atoms with Crippen molar-refractivity contribution in [2.24, 2.45) is 7.05 Å². The van der Waals surface area contributed by atoms with Crippen LogP contribution in [0.3, 0.4) is 0 Å². The first-order valence-electron chi connectivity index (χ1n) is 6.87. The van der Waals surface area contributed by atoms with Crippen LogP contribution in [0.5, 0.6) is 0 Å². The summed E-state index contributed by atoms with van der Waals surface area (Å²) in [7, 11) is 1.95. The van der Waals surface area contributed by atoms with Crippen LogP contribution in [0.1, 0.15) is 49.4 Å². The molecule has 1 N–H and O–H groups in total. The van der Waals surface area contributed by atoms with Gasteiger partial charge >= 0.3 is 0 Å². The Bertz CT molecular complexity index is 511. The van der Waals surface area contributed by atoms with E-state index in [4.69, 9.17) is 0 Å². The van der Waals surface area contributed by atoms with E-state index in [1.54, 1.807) is 0 Å². The molecule has 0 amide bonds. The van der Waals surface area contributed by atoms with Crippen molar-refractivity contribution in [1.82, 2.24) is 15.1 Å². The standard InChI is InChI=1S/C16H23N3/c1-12(2)15-7-5-14(6-8-15)9-17-13(3)16-10-18-19(4)11-16/h5-8,10-13,17H,9H2,1-4H3. The van der Waals surface area contributed by atoms with Crippen LogP contribution < -0.4 is 5.32 Å². The largest absolute Gasteiger partial charge is 0.306 e. The number of benzene rings is 1. The zero-order chi connectivity index (χ0) is 13.8. The van der Waals surface area contributed by atoms with Crippen molar-refractivity contribution in [3.05, 3.63) is 53.3 Å². The van der Waals surface area contributed by atoms with Crippen molar-refractivity contribution in [3.8, 4) is 0 Å². The zero-order valence-electron chi connectivity index (χ0n) is 12.2. The lowest BCUT2D eigenvalue weighted by atomic mass is 10.0. The molecule has 2 rings (SSSR count). The number of hydrogen-bond acceptors (Lipinski definition) is 2. The van der Waals surface area contributed by atoms with E-state index in [-0.39, 0.29) is 0 Å². The number of nitrogens with zero attached hydrogens (tertiary/aromatic N) is 2. The van der Waals surface area contributed by atoms with Crippen LogP contribution in [0.4, 0.5) is 0 Å². The molecular weight excluding hydrogens is 234 g/mol. The molecule has 1 unspecified atom stereocenters. The fourth-order valence-electron chi connectivity index (χ4n) is 2.07. The molecule has 1 heterocycles. The van der Waals surface area contributed by atoms with E-state index >= 15 is 0 Å². The van der Waals surface area contributed by atoms with Crippen molar-refractivity contribution < 1.29 is 0 Å². The van der Waals surface area contributed by atoms with Gasteiger partial charge in [-0.3, -0.25) is 4.68 Å². The average molecular weight is 257 g/mol. The summed E-state index contributed by atoms with van der Waals surface area (Å²) >= 11 is 0. The molecule has 0 aliphatic rings. The van der Waals surface area contributed by atoms with Gasteiger partial charge in [-0.1, -0.05) is 38.1 Å². The first-order valence-corrected chi connectivity index (χ1v) is 6.87. The van der Waals surface area contributed by atoms with Gasteiger partial charge in [0, 0.05) is 31.4 Å². The Kier molecular flexibility index (Phi) is 4.38. The quantitative estimate of drug-likeness (QED) is 0.889. The monoisotopic (exact) mass is 257 g/mol. The summed E-state index contributed by atoms with van der Waals surface area (Å²) in [6.45, 7) is 7.49. The van der Waals surface area contributed by atoms with E-state index in [9.17, 15) is 0 Å². The normalized spacial score (nSPS) is 12.9. The molecule has 19 heavy (non-hydrogen) atoms.